The van der Waals surface area contributed by atoms with E-state index in [2.05, 4.69) is 5.32 Å². The standard InChI is InChI=1S/C7H9NO/c1-4(9)6-2-5-3-8-7(5)6/h5,8H,2-3H2,1H3. The van der Waals surface area contributed by atoms with Crippen LogP contribution in [0.25, 0.3) is 0 Å². The van der Waals surface area contributed by atoms with E-state index in [9.17, 15) is 4.79 Å². The predicted molar refractivity (Wildman–Crippen MR) is 33.8 cm³/mol. The maximum Gasteiger partial charge on any atom is 0.157 e. The molecule has 1 aliphatic heterocycles. The molecule has 2 rings (SSSR count). The number of hydrogen-bond acceptors (Lipinski definition) is 2. The average molecular weight is 123 g/mol. The minimum atomic E-state index is 0.244. The Balaban J connectivity index is 2.25. The fraction of sp³-hybridized carbons (Fsp3) is 0.571. The van der Waals surface area contributed by atoms with E-state index in [1.807, 2.05) is 0 Å². The van der Waals surface area contributed by atoms with E-state index in [4.69, 9.17) is 0 Å². The molecule has 0 amide bonds. The third kappa shape index (κ3) is 0.479. The molecule has 2 nitrogen and oxygen atoms in total. The predicted octanol–water partition coefficient (Wildman–Crippen LogP) is 0.453. The van der Waals surface area contributed by atoms with Gasteiger partial charge in [-0.25, -0.2) is 0 Å². The van der Waals surface area contributed by atoms with Crippen LogP contribution in [0.4, 0.5) is 0 Å². The number of ketones is 1. The summed E-state index contributed by atoms with van der Waals surface area (Å²) in [5, 5.41) is 3.14. The summed E-state index contributed by atoms with van der Waals surface area (Å²) in [6.45, 7) is 2.73. The SMILES string of the molecule is CC(=O)C1=C2NCC2C1. The van der Waals surface area contributed by atoms with Crippen LogP contribution < -0.4 is 5.32 Å². The molecule has 2 aliphatic rings. The van der Waals surface area contributed by atoms with Gasteiger partial charge in [-0.3, -0.25) is 4.79 Å². The van der Waals surface area contributed by atoms with Crippen molar-refractivity contribution >= 4 is 5.78 Å². The van der Waals surface area contributed by atoms with E-state index in [0.717, 1.165) is 24.5 Å². The van der Waals surface area contributed by atoms with E-state index >= 15 is 0 Å². The van der Waals surface area contributed by atoms with Crippen molar-refractivity contribution in [3.63, 3.8) is 0 Å². The smallest absolute Gasteiger partial charge is 0.157 e. The Kier molecular flexibility index (Phi) is 0.770. The van der Waals surface area contributed by atoms with Crippen LogP contribution in [0.15, 0.2) is 11.3 Å². The van der Waals surface area contributed by atoms with Crippen LogP contribution in [0.5, 0.6) is 0 Å². The second-order valence-corrected chi connectivity index (χ2v) is 2.73. The van der Waals surface area contributed by atoms with E-state index in [-0.39, 0.29) is 5.78 Å². The summed E-state index contributed by atoms with van der Waals surface area (Å²) in [6.07, 6.45) is 1.03. The number of allylic oxidation sites excluding steroid dienone is 1. The Labute approximate surface area is 53.9 Å². The van der Waals surface area contributed by atoms with Gasteiger partial charge in [0.1, 0.15) is 0 Å². The van der Waals surface area contributed by atoms with Gasteiger partial charge in [0.25, 0.3) is 0 Å². The fourth-order valence-electron chi connectivity index (χ4n) is 1.43. The molecule has 9 heavy (non-hydrogen) atoms. The monoisotopic (exact) mass is 123 g/mol. The van der Waals surface area contributed by atoms with Gasteiger partial charge in [-0.05, 0) is 13.3 Å². The van der Waals surface area contributed by atoms with Gasteiger partial charge in [0, 0.05) is 23.7 Å². The average Bonchev–Trinajstić information content (AvgIpc) is 1.76. The van der Waals surface area contributed by atoms with Crippen molar-refractivity contribution < 1.29 is 4.79 Å². The molecule has 0 aromatic rings. The van der Waals surface area contributed by atoms with Crippen LogP contribution in [0, 0.1) is 5.92 Å². The van der Waals surface area contributed by atoms with Crippen molar-refractivity contribution in [1.82, 2.24) is 5.32 Å². The third-order valence-electron chi connectivity index (χ3n) is 2.15. The lowest BCUT2D eigenvalue weighted by Gasteiger charge is -2.42. The van der Waals surface area contributed by atoms with E-state index in [1.165, 1.54) is 5.70 Å². The lowest BCUT2D eigenvalue weighted by atomic mass is 9.75. The molecule has 1 N–H and O–H groups in total. The second kappa shape index (κ2) is 1.38. The number of Topliss-reactive ketones (excluding diaryl/α,β-unsaturated/α-hetero) is 1. The highest BCUT2D eigenvalue weighted by Gasteiger charge is 2.37. The maximum atomic E-state index is 10.7. The van der Waals surface area contributed by atoms with Crippen LogP contribution in [-0.4, -0.2) is 12.3 Å². The van der Waals surface area contributed by atoms with E-state index < -0.39 is 0 Å². The lowest BCUT2D eigenvalue weighted by Crippen LogP contribution is -2.48. The number of hydrogen-bond donors (Lipinski definition) is 1. The zero-order valence-corrected chi connectivity index (χ0v) is 5.40. The summed E-state index contributed by atoms with van der Waals surface area (Å²) in [5.74, 6) is 0.970. The van der Waals surface area contributed by atoms with Gasteiger partial charge in [-0.1, -0.05) is 0 Å². The lowest BCUT2D eigenvalue weighted by molar-refractivity contribution is -0.114. The first-order valence-corrected chi connectivity index (χ1v) is 3.27. The first-order chi connectivity index (χ1) is 4.29. The molecule has 0 aromatic heterocycles. The molecule has 1 atom stereocenters. The summed E-state index contributed by atoms with van der Waals surface area (Å²) in [7, 11) is 0. The summed E-state index contributed by atoms with van der Waals surface area (Å²) >= 11 is 0. The van der Waals surface area contributed by atoms with Crippen molar-refractivity contribution in [3.8, 4) is 0 Å². The molecule has 0 spiro atoms. The molecule has 1 heterocycles. The van der Waals surface area contributed by atoms with Crippen molar-refractivity contribution in [2.75, 3.05) is 6.54 Å². The highest BCUT2D eigenvalue weighted by molar-refractivity contribution is 5.96. The number of nitrogens with one attached hydrogen (secondary N) is 1. The van der Waals surface area contributed by atoms with Crippen molar-refractivity contribution in [2.24, 2.45) is 5.92 Å². The first kappa shape index (κ1) is 5.03. The number of carbonyl (C=O) groups is 1. The van der Waals surface area contributed by atoms with Gasteiger partial charge in [0.15, 0.2) is 5.78 Å². The quantitative estimate of drug-likeness (QED) is 0.548. The number of rotatable bonds is 1. The normalized spacial score (nSPS) is 29.7. The Morgan fingerprint density at radius 1 is 1.78 bits per heavy atom. The second-order valence-electron chi connectivity index (χ2n) is 2.73. The number of fused-ring (bicyclic) bond motifs is 1. The Morgan fingerprint density at radius 3 is 2.67 bits per heavy atom. The molecule has 48 valence electrons. The zero-order valence-electron chi connectivity index (χ0n) is 5.40. The van der Waals surface area contributed by atoms with Gasteiger partial charge in [-0.15, -0.1) is 0 Å². The Bertz CT molecular complexity index is 205. The molecule has 0 radical (unpaired) electrons. The van der Waals surface area contributed by atoms with Crippen LogP contribution in [0.3, 0.4) is 0 Å². The largest absolute Gasteiger partial charge is 0.387 e. The van der Waals surface area contributed by atoms with Crippen molar-refractivity contribution in [1.29, 1.82) is 0 Å². The summed E-state index contributed by atoms with van der Waals surface area (Å²) < 4.78 is 0. The molecule has 1 unspecified atom stereocenters. The molecular weight excluding hydrogens is 114 g/mol. The summed E-state index contributed by atoms with van der Waals surface area (Å²) in [5.41, 5.74) is 2.26. The summed E-state index contributed by atoms with van der Waals surface area (Å²) in [4.78, 5) is 10.7. The van der Waals surface area contributed by atoms with Crippen LogP contribution in [-0.2, 0) is 4.79 Å². The number of carbonyl (C=O) groups excluding carboxylic acids is 1. The maximum absolute atomic E-state index is 10.7. The van der Waals surface area contributed by atoms with Gasteiger partial charge < -0.3 is 5.32 Å². The first-order valence-electron chi connectivity index (χ1n) is 3.27. The van der Waals surface area contributed by atoms with Gasteiger partial charge in [0.05, 0.1) is 0 Å². The Morgan fingerprint density at radius 2 is 2.56 bits per heavy atom. The fourth-order valence-corrected chi connectivity index (χ4v) is 1.43. The molecule has 1 aliphatic carbocycles. The Hall–Kier alpha value is -0.790. The molecule has 0 saturated carbocycles. The van der Waals surface area contributed by atoms with Gasteiger partial charge >= 0.3 is 0 Å². The van der Waals surface area contributed by atoms with Crippen LogP contribution in [0.1, 0.15) is 13.3 Å². The van der Waals surface area contributed by atoms with E-state index in [0.29, 0.717) is 0 Å². The van der Waals surface area contributed by atoms with Crippen LogP contribution >= 0.6 is 0 Å². The van der Waals surface area contributed by atoms with Crippen molar-refractivity contribution in [2.45, 2.75) is 13.3 Å². The van der Waals surface area contributed by atoms with Gasteiger partial charge in [-0.2, -0.15) is 0 Å². The van der Waals surface area contributed by atoms with Crippen LogP contribution in [0.2, 0.25) is 0 Å². The van der Waals surface area contributed by atoms with E-state index in [1.54, 1.807) is 6.92 Å². The molecule has 1 fully saturated rings. The highest BCUT2D eigenvalue weighted by Crippen LogP contribution is 2.38. The molecule has 2 heteroatoms. The molecule has 0 bridgehead atoms. The molecule has 0 aromatic carbocycles. The van der Waals surface area contributed by atoms with Gasteiger partial charge in [0.2, 0.25) is 0 Å². The molecular formula is C7H9NO. The summed E-state index contributed by atoms with van der Waals surface area (Å²) in [6, 6.07) is 0. The zero-order chi connectivity index (χ0) is 6.43. The molecule has 1 saturated heterocycles. The minimum Gasteiger partial charge on any atom is -0.387 e. The highest BCUT2D eigenvalue weighted by atomic mass is 16.1. The topological polar surface area (TPSA) is 29.1 Å². The third-order valence-corrected chi connectivity index (χ3v) is 2.15. The minimum absolute atomic E-state index is 0.244. The van der Waals surface area contributed by atoms with Crippen molar-refractivity contribution in [3.05, 3.63) is 11.3 Å².